The molecule has 2 nitrogen and oxygen atoms in total. The molecule has 3 rings (SSSR count). The van der Waals surface area contributed by atoms with Gasteiger partial charge in [0.2, 0.25) is 0 Å². The topological polar surface area (TPSA) is 21.3 Å². The molecular formula is C17H21NOS. The van der Waals surface area contributed by atoms with Crippen LogP contribution in [0.25, 0.3) is 0 Å². The van der Waals surface area contributed by atoms with E-state index in [-0.39, 0.29) is 6.10 Å². The molecular weight excluding hydrogens is 266 g/mol. The van der Waals surface area contributed by atoms with Crippen molar-refractivity contribution in [3.05, 3.63) is 51.7 Å². The fraction of sp³-hybridized carbons (Fsp3) is 0.412. The van der Waals surface area contributed by atoms with E-state index in [1.807, 2.05) is 0 Å². The van der Waals surface area contributed by atoms with Crippen LogP contribution in [-0.4, -0.2) is 6.54 Å². The zero-order chi connectivity index (χ0) is 13.9. The molecule has 106 valence electrons. The van der Waals surface area contributed by atoms with Crippen molar-refractivity contribution in [3.8, 4) is 5.75 Å². The van der Waals surface area contributed by atoms with Gasteiger partial charge in [-0.3, -0.25) is 0 Å². The number of rotatable bonds is 4. The summed E-state index contributed by atoms with van der Waals surface area (Å²) < 4.78 is 6.21. The van der Waals surface area contributed by atoms with Crippen LogP contribution in [-0.2, 0) is 0 Å². The SMILES string of the molecule is CCCNC1CC(c2cccs2)Oc2ccc(C)cc21. The smallest absolute Gasteiger partial charge is 0.135 e. The molecule has 1 aliphatic heterocycles. The molecule has 20 heavy (non-hydrogen) atoms. The van der Waals surface area contributed by atoms with Crippen LogP contribution in [0.1, 0.15) is 47.9 Å². The second-order valence-electron chi connectivity index (χ2n) is 5.41. The van der Waals surface area contributed by atoms with Crippen LogP contribution in [0, 0.1) is 6.92 Å². The van der Waals surface area contributed by atoms with Crippen LogP contribution in [0.2, 0.25) is 0 Å². The van der Waals surface area contributed by atoms with E-state index in [1.165, 1.54) is 16.0 Å². The van der Waals surface area contributed by atoms with Gasteiger partial charge >= 0.3 is 0 Å². The Kier molecular flexibility index (Phi) is 4.08. The van der Waals surface area contributed by atoms with E-state index >= 15 is 0 Å². The molecule has 2 heterocycles. The Labute approximate surface area is 124 Å². The fourth-order valence-electron chi connectivity index (χ4n) is 2.75. The minimum Gasteiger partial charge on any atom is -0.484 e. The van der Waals surface area contributed by atoms with E-state index in [1.54, 1.807) is 11.3 Å². The highest BCUT2D eigenvalue weighted by atomic mass is 32.1. The maximum Gasteiger partial charge on any atom is 0.135 e. The predicted octanol–water partition coefficient (Wildman–Crippen LogP) is 4.62. The minimum absolute atomic E-state index is 0.180. The van der Waals surface area contributed by atoms with Gasteiger partial charge < -0.3 is 10.1 Å². The quantitative estimate of drug-likeness (QED) is 0.886. The molecule has 2 unspecified atom stereocenters. The van der Waals surface area contributed by atoms with E-state index < -0.39 is 0 Å². The predicted molar refractivity (Wildman–Crippen MR) is 84.5 cm³/mol. The van der Waals surface area contributed by atoms with Crippen LogP contribution in [0.5, 0.6) is 5.75 Å². The number of benzene rings is 1. The number of nitrogens with one attached hydrogen (secondary N) is 1. The first-order valence-electron chi connectivity index (χ1n) is 7.32. The molecule has 1 aromatic heterocycles. The third kappa shape index (κ3) is 2.74. The Morgan fingerprint density at radius 2 is 2.25 bits per heavy atom. The summed E-state index contributed by atoms with van der Waals surface area (Å²) >= 11 is 1.78. The highest BCUT2D eigenvalue weighted by molar-refractivity contribution is 7.10. The third-order valence-corrected chi connectivity index (χ3v) is 4.73. The number of hydrogen-bond donors (Lipinski definition) is 1. The zero-order valence-corrected chi connectivity index (χ0v) is 12.9. The van der Waals surface area contributed by atoms with Crippen LogP contribution in [0.4, 0.5) is 0 Å². The molecule has 1 aromatic carbocycles. The second kappa shape index (κ2) is 5.98. The molecule has 0 radical (unpaired) electrons. The summed E-state index contributed by atoms with van der Waals surface area (Å²) in [7, 11) is 0. The van der Waals surface area contributed by atoms with Crippen molar-refractivity contribution in [1.29, 1.82) is 0 Å². The van der Waals surface area contributed by atoms with Crippen LogP contribution in [0.15, 0.2) is 35.7 Å². The summed E-state index contributed by atoms with van der Waals surface area (Å²) in [6.07, 6.45) is 2.35. The Morgan fingerprint density at radius 1 is 1.35 bits per heavy atom. The number of fused-ring (bicyclic) bond motifs is 1. The molecule has 3 heteroatoms. The molecule has 1 N–H and O–H groups in total. The van der Waals surface area contributed by atoms with Gasteiger partial charge in [0.25, 0.3) is 0 Å². The Morgan fingerprint density at radius 3 is 3.00 bits per heavy atom. The van der Waals surface area contributed by atoms with Crippen molar-refractivity contribution in [2.45, 2.75) is 38.8 Å². The molecule has 0 aliphatic carbocycles. The Hall–Kier alpha value is -1.32. The Balaban J connectivity index is 1.90. The number of thiophene rings is 1. The van der Waals surface area contributed by atoms with Gasteiger partial charge in [-0.15, -0.1) is 11.3 Å². The lowest BCUT2D eigenvalue weighted by molar-refractivity contribution is 0.154. The van der Waals surface area contributed by atoms with Gasteiger partial charge in [-0.05, 0) is 37.4 Å². The van der Waals surface area contributed by atoms with Crippen molar-refractivity contribution in [1.82, 2.24) is 5.32 Å². The van der Waals surface area contributed by atoms with Gasteiger partial charge in [0.1, 0.15) is 11.9 Å². The summed E-state index contributed by atoms with van der Waals surface area (Å²) in [5.74, 6) is 1.04. The summed E-state index contributed by atoms with van der Waals surface area (Å²) in [6, 6.07) is 11.2. The van der Waals surface area contributed by atoms with Gasteiger partial charge in [-0.25, -0.2) is 0 Å². The number of ether oxygens (including phenoxy) is 1. The molecule has 2 atom stereocenters. The van der Waals surface area contributed by atoms with E-state index in [9.17, 15) is 0 Å². The fourth-order valence-corrected chi connectivity index (χ4v) is 3.52. The third-order valence-electron chi connectivity index (χ3n) is 3.76. The van der Waals surface area contributed by atoms with Crippen LogP contribution < -0.4 is 10.1 Å². The van der Waals surface area contributed by atoms with Crippen molar-refractivity contribution < 1.29 is 4.74 Å². The van der Waals surface area contributed by atoms with Gasteiger partial charge in [0.15, 0.2) is 0 Å². The number of hydrogen-bond acceptors (Lipinski definition) is 3. The normalized spacial score (nSPS) is 21.3. The maximum atomic E-state index is 6.21. The summed E-state index contributed by atoms with van der Waals surface area (Å²) in [5.41, 5.74) is 2.61. The average Bonchev–Trinajstić information content (AvgIpc) is 2.99. The van der Waals surface area contributed by atoms with E-state index in [0.717, 1.165) is 25.1 Å². The molecule has 0 saturated carbocycles. The maximum absolute atomic E-state index is 6.21. The van der Waals surface area contributed by atoms with Gasteiger partial charge in [0, 0.05) is 22.9 Å². The lowest BCUT2D eigenvalue weighted by Gasteiger charge is -2.32. The summed E-state index contributed by atoms with van der Waals surface area (Å²) in [5, 5.41) is 5.79. The van der Waals surface area contributed by atoms with Crippen molar-refractivity contribution in [2.24, 2.45) is 0 Å². The van der Waals surface area contributed by atoms with Crippen molar-refractivity contribution >= 4 is 11.3 Å². The first-order valence-corrected chi connectivity index (χ1v) is 8.20. The first kappa shape index (κ1) is 13.7. The lowest BCUT2D eigenvalue weighted by Crippen LogP contribution is -2.29. The van der Waals surface area contributed by atoms with Crippen molar-refractivity contribution in [3.63, 3.8) is 0 Å². The summed E-state index contributed by atoms with van der Waals surface area (Å²) in [4.78, 5) is 1.32. The average molecular weight is 287 g/mol. The molecule has 0 amide bonds. The first-order chi connectivity index (χ1) is 9.78. The molecule has 0 saturated heterocycles. The molecule has 0 fully saturated rings. The second-order valence-corrected chi connectivity index (χ2v) is 6.38. The van der Waals surface area contributed by atoms with Gasteiger partial charge in [0.05, 0.1) is 0 Å². The number of aryl methyl sites for hydroxylation is 1. The van der Waals surface area contributed by atoms with Crippen LogP contribution >= 0.6 is 11.3 Å². The van der Waals surface area contributed by atoms with Gasteiger partial charge in [-0.2, -0.15) is 0 Å². The zero-order valence-electron chi connectivity index (χ0n) is 12.1. The molecule has 0 bridgehead atoms. The van der Waals surface area contributed by atoms with Gasteiger partial charge in [-0.1, -0.05) is 30.7 Å². The monoisotopic (exact) mass is 287 g/mol. The van der Waals surface area contributed by atoms with E-state index in [4.69, 9.17) is 4.74 Å². The van der Waals surface area contributed by atoms with E-state index in [0.29, 0.717) is 6.04 Å². The Bertz CT molecular complexity index is 564. The van der Waals surface area contributed by atoms with Crippen LogP contribution in [0.3, 0.4) is 0 Å². The molecule has 0 spiro atoms. The minimum atomic E-state index is 0.180. The standard InChI is InChI=1S/C17H21NOS/c1-3-8-18-14-11-16(17-5-4-9-20-17)19-15-7-6-12(2)10-13(14)15/h4-7,9-10,14,16,18H,3,8,11H2,1-2H3. The van der Waals surface area contributed by atoms with Crippen molar-refractivity contribution in [2.75, 3.05) is 6.54 Å². The van der Waals surface area contributed by atoms with E-state index in [2.05, 4.69) is 54.9 Å². The largest absolute Gasteiger partial charge is 0.484 e. The molecule has 2 aromatic rings. The molecule has 1 aliphatic rings. The summed E-state index contributed by atoms with van der Waals surface area (Å²) in [6.45, 7) is 5.40. The highest BCUT2D eigenvalue weighted by Crippen LogP contribution is 2.42. The highest BCUT2D eigenvalue weighted by Gasteiger charge is 2.29. The lowest BCUT2D eigenvalue weighted by atomic mass is 9.94.